The molecule has 0 aliphatic heterocycles. The fourth-order valence-electron chi connectivity index (χ4n) is 8.33. The summed E-state index contributed by atoms with van der Waals surface area (Å²) in [6.45, 7) is 1.17. The van der Waals surface area contributed by atoms with Gasteiger partial charge in [-0.05, 0) is 123 Å². The van der Waals surface area contributed by atoms with Crippen molar-refractivity contribution in [2.24, 2.45) is 0 Å². The quantitative estimate of drug-likeness (QED) is 0.0153. The van der Waals surface area contributed by atoms with Crippen molar-refractivity contribution in [3.8, 4) is 0 Å². The summed E-state index contributed by atoms with van der Waals surface area (Å²) in [6.07, 6.45) is -68.0. The zero-order chi connectivity index (χ0) is 85.9. The van der Waals surface area contributed by atoms with Gasteiger partial charge in [-0.2, -0.15) is 132 Å². The number of halogens is 38. The number of alkyl halides is 37. The minimum Gasteiger partial charge on any atom is -0.633 e. The van der Waals surface area contributed by atoms with Crippen LogP contribution in [0.4, 0.5) is 154 Å². The number of unbranched alkanes of at least 4 members (excludes halogenated alkanes) is 15. The van der Waals surface area contributed by atoms with Crippen molar-refractivity contribution in [1.29, 1.82) is 0 Å². The molecule has 0 aromatic carbocycles. The van der Waals surface area contributed by atoms with Crippen molar-refractivity contribution in [3.63, 3.8) is 0 Å². The van der Waals surface area contributed by atoms with Gasteiger partial charge in [0.25, 0.3) is 28.3 Å². The molecule has 0 spiro atoms. The molecule has 2 N–H and O–H groups in total. The number of nitrogens with zero attached hydrogens (tertiary/aromatic N) is 2. The summed E-state index contributed by atoms with van der Waals surface area (Å²) in [7, 11) is 0.371. The number of hydrogen-bond donors (Lipinski definition) is 2. The highest BCUT2D eigenvalue weighted by molar-refractivity contribution is 9.09. The van der Waals surface area contributed by atoms with E-state index in [0.717, 1.165) is 0 Å². The largest absolute Gasteiger partial charge is 0.633 e. The molecule has 0 unspecified atom stereocenters. The molecule has 0 aliphatic rings. The second-order valence-electron chi connectivity index (χ2n) is 24.7. The Morgan fingerprint density at radius 2 is 0.495 bits per heavy atom. The first-order chi connectivity index (χ1) is 47.4. The monoisotopic (exact) mass is 1870 g/mol. The van der Waals surface area contributed by atoms with Crippen molar-refractivity contribution >= 4 is 71.6 Å². The molecule has 0 heterocycles. The number of nitrogens with one attached hydrogen (secondary N) is 2. The Labute approximate surface area is 618 Å². The molecule has 0 fully saturated rings. The van der Waals surface area contributed by atoms with Gasteiger partial charge < -0.3 is 14.8 Å². The Morgan fingerprint density at radius 3 is 0.673 bits per heavy atom. The Kier molecular flexibility index (Phi) is 50.6. The van der Waals surface area contributed by atoms with Gasteiger partial charge in [0.05, 0.1) is 37.9 Å². The number of hydrogen-bond acceptors (Lipinski definition) is 8. The number of hydroxylamine groups is 3. The molecule has 0 saturated heterocycles. The van der Waals surface area contributed by atoms with Gasteiger partial charge in [0.15, 0.2) is 0 Å². The fraction of sp³-hybridized carbons (Fsp3) is 1.00. The van der Waals surface area contributed by atoms with Crippen LogP contribution < -0.4 is 9.44 Å². The van der Waals surface area contributed by atoms with E-state index in [0.29, 0.717) is 55.7 Å². The average molecular weight is 1870 g/mol. The molecule has 0 aromatic rings. The molecule has 652 valence electrons. The van der Waals surface area contributed by atoms with Crippen LogP contribution in [0.5, 0.6) is 0 Å². The van der Waals surface area contributed by atoms with Gasteiger partial charge in [-0.15, -0.1) is 0 Å². The van der Waals surface area contributed by atoms with Gasteiger partial charge in [-0.3, -0.25) is 0 Å². The fourth-order valence-corrected chi connectivity index (χ4v) is 12.4. The van der Waals surface area contributed by atoms with Gasteiger partial charge in [0.1, 0.15) is 0 Å². The molecule has 0 aromatic heterocycles. The highest BCUT2D eigenvalue weighted by Gasteiger charge is 2.75. The van der Waals surface area contributed by atoms with Crippen LogP contribution in [0.25, 0.3) is 0 Å². The lowest BCUT2D eigenvalue weighted by Crippen LogP contribution is -2.53. The van der Waals surface area contributed by atoms with Crippen LogP contribution in [-0.4, -0.2) is 207 Å². The average Bonchev–Trinajstić information content (AvgIpc) is 0.807. The number of rotatable bonds is 43. The first-order valence-electron chi connectivity index (χ1n) is 31.7. The van der Waals surface area contributed by atoms with Crippen molar-refractivity contribution in [1.82, 2.24) is 14.3 Å². The molecule has 52 heteroatoms. The van der Waals surface area contributed by atoms with Gasteiger partial charge in [0.2, 0.25) is 29.1 Å². The summed E-state index contributed by atoms with van der Waals surface area (Å²) < 4.78 is 504. The lowest BCUT2D eigenvalue weighted by molar-refractivity contribution is -0.840. The SMILES string of the molecule is CN(C)CCCNS(=O)(=O)CCCCCCC(F)(C(F)(F)F)C(F)(F)F.C[N+](C)([O-])CCCNS(=O)(=O)CCCCCCC(F)(C(F)(F)F)C(F)(F)F.FC(F)(F)C(F)(CCCCCCBr)C(F)(F)F.FC(F)(F)C(F)(CCCCCCBr)C(F)(F)F.O=S(=O)(Cl)CCCCCCC(F)(C(F)(F)F)C(F)(F)F. The van der Waals surface area contributed by atoms with Crippen LogP contribution in [0.15, 0.2) is 0 Å². The third-order valence-corrected chi connectivity index (χ3v) is 19.9. The molecular weight excluding hydrogens is 1790 g/mol. The maximum atomic E-state index is 13.4. The van der Waals surface area contributed by atoms with Gasteiger partial charge >= 0.3 is 61.8 Å². The zero-order valence-electron chi connectivity index (χ0n) is 57.3. The maximum absolute atomic E-state index is 13.4. The maximum Gasteiger partial charge on any atom is 0.431 e. The molecule has 0 rings (SSSR count). The number of quaternary nitrogens is 1. The lowest BCUT2D eigenvalue weighted by Gasteiger charge is -2.33. The van der Waals surface area contributed by atoms with E-state index in [9.17, 15) is 184 Å². The van der Waals surface area contributed by atoms with Crippen LogP contribution in [0.1, 0.15) is 173 Å². The van der Waals surface area contributed by atoms with E-state index in [2.05, 4.69) is 41.3 Å². The van der Waals surface area contributed by atoms with Crippen LogP contribution in [0.2, 0.25) is 0 Å². The molecular formula is C55H86Br2ClF35N4O7S3. The molecule has 107 heavy (non-hydrogen) atoms. The van der Waals surface area contributed by atoms with E-state index in [1.807, 2.05) is 19.0 Å². The number of sulfonamides is 2. The predicted octanol–water partition coefficient (Wildman–Crippen LogP) is 22.0. The predicted molar refractivity (Wildman–Crippen MR) is 334 cm³/mol. The summed E-state index contributed by atoms with van der Waals surface area (Å²) in [6, 6.07) is 0. The van der Waals surface area contributed by atoms with Crippen LogP contribution in [-0.2, 0) is 29.1 Å². The third kappa shape index (κ3) is 46.0. The normalized spacial score (nSPS) is 14.4. The molecule has 11 nitrogen and oxygen atoms in total. The van der Waals surface area contributed by atoms with Crippen molar-refractivity contribution in [2.75, 3.05) is 82.3 Å². The van der Waals surface area contributed by atoms with Crippen LogP contribution in [0, 0.1) is 5.21 Å². The van der Waals surface area contributed by atoms with E-state index in [1.165, 1.54) is 14.1 Å². The van der Waals surface area contributed by atoms with Gasteiger partial charge in [-0.25, -0.2) is 56.6 Å². The topological polar surface area (TPSA) is 153 Å². The van der Waals surface area contributed by atoms with Crippen molar-refractivity contribution in [3.05, 3.63) is 5.21 Å². The summed E-state index contributed by atoms with van der Waals surface area (Å²) in [5.41, 5.74) is -25.9. The molecule has 0 atom stereocenters. The van der Waals surface area contributed by atoms with E-state index >= 15 is 0 Å². The Morgan fingerprint density at radius 1 is 0.308 bits per heavy atom. The standard InChI is InChI=1S/C14H25F7N2O3S.C14H25F7N2O2S.2C9H12BrF7.C9H12ClF7O2S/c1-23(2,24)10-7-9-22-27(25,26)11-6-4-3-5-8-12(15,13(16,17)18)14(19,20)21;1-23(2)10-7-9-22-26(24,25)11-6-4-3-5-8-12(15,13(16,17)18)14(19,20)21;2*10-6-4-2-1-3-5-7(11,8(12,13)14)9(15,16)17;10-20(18,19)6-4-2-1-3-5-7(11,8(12,13)14)9(15,16)17/h22H,3-11H2,1-2H3;22H,3-11H2,1-2H3;2*1-6H2;1-6H2. The first kappa shape index (κ1) is 114. The Balaban J connectivity index is -0.000000411. The lowest BCUT2D eigenvalue weighted by atomic mass is 9.96. The molecule has 0 amide bonds. The minimum absolute atomic E-state index is 0.00969. The van der Waals surface area contributed by atoms with Crippen LogP contribution >= 0.6 is 42.5 Å². The molecule has 0 bridgehead atoms. The van der Waals surface area contributed by atoms with E-state index in [1.54, 1.807) is 0 Å². The Hall–Kier alpha value is -1.55. The minimum atomic E-state index is -6.06. The van der Waals surface area contributed by atoms with E-state index in [-0.39, 0.29) is 102 Å². The summed E-state index contributed by atoms with van der Waals surface area (Å²) in [5.74, 6) is -1.08. The zero-order valence-corrected chi connectivity index (χ0v) is 63.7. The van der Waals surface area contributed by atoms with E-state index < -0.39 is 194 Å². The second kappa shape index (κ2) is 47.5. The highest BCUT2D eigenvalue weighted by atomic mass is 79.9. The van der Waals surface area contributed by atoms with Crippen molar-refractivity contribution in [2.45, 2.75) is 263 Å². The van der Waals surface area contributed by atoms with Crippen molar-refractivity contribution < 1.29 is 184 Å². The second-order valence-corrected chi connectivity index (χ2v) is 33.0. The summed E-state index contributed by atoms with van der Waals surface area (Å²) >= 11 is 6.14. The summed E-state index contributed by atoms with van der Waals surface area (Å²) in [4.78, 5) is 1.88. The molecule has 0 radical (unpaired) electrons. The molecule has 0 saturated carbocycles. The van der Waals surface area contributed by atoms with Gasteiger partial charge in [0, 0.05) is 40.9 Å². The highest BCUT2D eigenvalue weighted by Crippen LogP contribution is 2.54. The molecule has 0 aliphatic carbocycles. The Bertz CT molecular complexity index is 2610. The van der Waals surface area contributed by atoms with Gasteiger partial charge in [-0.1, -0.05) is 96.1 Å². The summed E-state index contributed by atoms with van der Waals surface area (Å²) in [5, 5.41) is 12.5. The first-order valence-corrected chi connectivity index (χ1v) is 39.7. The smallest absolute Gasteiger partial charge is 0.431 e. The van der Waals surface area contributed by atoms with Crippen LogP contribution in [0.3, 0.4) is 0 Å². The van der Waals surface area contributed by atoms with E-state index in [4.69, 9.17) is 10.7 Å². The third-order valence-electron chi connectivity index (χ3n) is 14.6.